The normalized spacial score (nSPS) is 12.4. The zero-order chi connectivity index (χ0) is 35.9. The monoisotopic (exact) mass is 666 g/mol. The molecule has 0 spiro atoms. The number of aromatic hydroxyl groups is 2. The molecular weight excluding hydrogens is 608 g/mol. The van der Waals surface area contributed by atoms with Gasteiger partial charge < -0.3 is 29.2 Å². The van der Waals surface area contributed by atoms with Gasteiger partial charge in [-0.3, -0.25) is 9.59 Å². The van der Waals surface area contributed by atoms with Gasteiger partial charge in [0.2, 0.25) is 0 Å². The van der Waals surface area contributed by atoms with Gasteiger partial charge in [-0.2, -0.15) is 0 Å². The molecule has 0 fully saturated rings. The summed E-state index contributed by atoms with van der Waals surface area (Å²) in [6, 6.07) is 7.90. The molecule has 2 aromatic carbocycles. The fourth-order valence-electron chi connectivity index (χ4n) is 5.13. The average molecular weight is 667 g/mol. The number of rotatable bonds is 18. The molecule has 0 atom stereocenters. The van der Waals surface area contributed by atoms with Crippen LogP contribution in [0.3, 0.4) is 0 Å². The first-order valence-corrected chi connectivity index (χ1v) is 17.1. The van der Waals surface area contributed by atoms with E-state index in [1.807, 2.05) is 45.0 Å². The molecule has 0 aromatic heterocycles. The molecule has 0 saturated carbocycles. The van der Waals surface area contributed by atoms with E-state index in [0.717, 1.165) is 39.8 Å². The summed E-state index contributed by atoms with van der Waals surface area (Å²) in [7, 11) is 0. The predicted molar refractivity (Wildman–Crippen MR) is 190 cm³/mol. The topological polar surface area (TPSA) is 112 Å². The van der Waals surface area contributed by atoms with Crippen LogP contribution in [0.25, 0.3) is 0 Å². The van der Waals surface area contributed by atoms with E-state index in [0.29, 0.717) is 57.2 Å². The molecule has 0 radical (unpaired) electrons. The van der Waals surface area contributed by atoms with Gasteiger partial charge in [0.15, 0.2) is 0 Å². The quantitative estimate of drug-likeness (QED) is 0.0926. The average Bonchev–Trinajstić information content (AvgIpc) is 3.00. The number of carbonyl (C=O) groups is 2. The molecular formula is C40H58O8. The number of benzene rings is 2. The number of hydrogen-bond acceptors (Lipinski definition) is 8. The van der Waals surface area contributed by atoms with Gasteiger partial charge in [0.25, 0.3) is 0 Å². The molecule has 0 aliphatic heterocycles. The molecule has 266 valence electrons. The summed E-state index contributed by atoms with van der Waals surface area (Å²) in [6.45, 7) is 20.1. The Hall–Kier alpha value is -3.62. The second kappa shape index (κ2) is 19.4. The molecule has 2 N–H and O–H groups in total. The zero-order valence-corrected chi connectivity index (χ0v) is 30.6. The summed E-state index contributed by atoms with van der Waals surface area (Å²) in [5.41, 5.74) is 5.12. The number of phenols is 2. The van der Waals surface area contributed by atoms with Gasteiger partial charge in [-0.15, -0.1) is 0 Å². The first-order valence-electron chi connectivity index (χ1n) is 17.1. The van der Waals surface area contributed by atoms with Crippen LogP contribution in [0.15, 0.2) is 48.9 Å². The van der Waals surface area contributed by atoms with Gasteiger partial charge in [0.1, 0.15) is 11.5 Å². The lowest BCUT2D eigenvalue weighted by molar-refractivity contribution is -0.138. The third-order valence-corrected chi connectivity index (χ3v) is 7.90. The van der Waals surface area contributed by atoms with Crippen LogP contribution in [0.2, 0.25) is 0 Å². The SMILES string of the molecule is CCc1cc(CCC(=O)O/C=C/COCCCOC/C=C/OC(=O)CCc2cc(C(C)(C)C)c(O)c(C(C)(C)C)c2)cc(C(C)C)c1O. The highest BCUT2D eigenvalue weighted by Gasteiger charge is 2.26. The van der Waals surface area contributed by atoms with Crippen molar-refractivity contribution in [3.05, 3.63) is 82.3 Å². The van der Waals surface area contributed by atoms with E-state index < -0.39 is 0 Å². The fourth-order valence-corrected chi connectivity index (χ4v) is 5.13. The Morgan fingerprint density at radius 2 is 1.19 bits per heavy atom. The van der Waals surface area contributed by atoms with Gasteiger partial charge in [0, 0.05) is 26.1 Å². The van der Waals surface area contributed by atoms with Crippen molar-refractivity contribution in [3.8, 4) is 11.5 Å². The lowest BCUT2D eigenvalue weighted by Gasteiger charge is -2.28. The molecule has 8 heteroatoms. The third-order valence-electron chi connectivity index (χ3n) is 7.90. The Labute approximate surface area is 288 Å². The first-order chi connectivity index (χ1) is 22.5. The van der Waals surface area contributed by atoms with Crippen LogP contribution in [0.1, 0.15) is 121 Å². The van der Waals surface area contributed by atoms with Gasteiger partial charge in [-0.05, 0) is 88.0 Å². The Bertz CT molecular complexity index is 1350. The van der Waals surface area contributed by atoms with E-state index in [9.17, 15) is 19.8 Å². The highest BCUT2D eigenvalue weighted by atomic mass is 16.5. The van der Waals surface area contributed by atoms with Crippen LogP contribution >= 0.6 is 0 Å². The largest absolute Gasteiger partial charge is 0.507 e. The van der Waals surface area contributed by atoms with Crippen molar-refractivity contribution in [3.63, 3.8) is 0 Å². The highest BCUT2D eigenvalue weighted by molar-refractivity contribution is 5.71. The molecule has 2 rings (SSSR count). The minimum absolute atomic E-state index is 0.200. The summed E-state index contributed by atoms with van der Waals surface area (Å²) in [6.07, 6.45) is 8.98. The van der Waals surface area contributed by atoms with Crippen molar-refractivity contribution in [2.45, 2.75) is 118 Å². The Morgan fingerprint density at radius 1 is 0.729 bits per heavy atom. The molecule has 0 aliphatic rings. The van der Waals surface area contributed by atoms with Crippen LogP contribution in [-0.4, -0.2) is 48.6 Å². The molecule has 0 heterocycles. The second-order valence-corrected chi connectivity index (χ2v) is 14.5. The molecule has 0 aliphatic carbocycles. The molecule has 0 bridgehead atoms. The molecule has 0 amide bonds. The van der Waals surface area contributed by atoms with Crippen molar-refractivity contribution in [1.29, 1.82) is 0 Å². The lowest BCUT2D eigenvalue weighted by atomic mass is 9.78. The van der Waals surface area contributed by atoms with Crippen LogP contribution in [0, 0.1) is 0 Å². The number of phenolic OH excluding ortho intramolecular Hbond substituents is 2. The number of ether oxygens (including phenoxy) is 4. The molecule has 48 heavy (non-hydrogen) atoms. The second-order valence-electron chi connectivity index (χ2n) is 14.5. The van der Waals surface area contributed by atoms with Crippen LogP contribution < -0.4 is 0 Å². The number of hydrogen-bond donors (Lipinski definition) is 2. The van der Waals surface area contributed by atoms with Gasteiger partial charge in [-0.1, -0.05) is 86.6 Å². The van der Waals surface area contributed by atoms with Gasteiger partial charge in [-0.25, -0.2) is 0 Å². The maximum atomic E-state index is 12.3. The fraction of sp³-hybridized carbons (Fsp3) is 0.550. The molecule has 2 aromatic rings. The van der Waals surface area contributed by atoms with Crippen molar-refractivity contribution in [2.75, 3.05) is 26.4 Å². The van der Waals surface area contributed by atoms with E-state index in [-0.39, 0.29) is 41.5 Å². The Balaban J connectivity index is 1.58. The smallest absolute Gasteiger partial charge is 0.310 e. The maximum absolute atomic E-state index is 12.3. The molecule has 0 saturated heterocycles. The van der Waals surface area contributed by atoms with E-state index in [2.05, 4.69) is 41.5 Å². The standard InChI is InChI=1S/C40H58O8/c1-10-31-24-29(25-32(28(2)3)37(31)43)14-16-35(41)47-22-12-20-45-18-11-19-46-21-13-23-48-36(42)17-15-30-26-33(39(4,5)6)38(44)34(27-30)40(7,8)9/h12-13,22-28,43-44H,10-11,14-21H2,1-9H3/b22-12+,23-13+. The van der Waals surface area contributed by atoms with Crippen molar-refractivity contribution in [2.24, 2.45) is 0 Å². The van der Waals surface area contributed by atoms with Gasteiger partial charge >= 0.3 is 11.9 Å². The number of esters is 2. The minimum atomic E-state index is -0.329. The predicted octanol–water partition coefficient (Wildman–Crippen LogP) is 8.48. The Kier molecular flexibility index (Phi) is 16.4. The summed E-state index contributed by atoms with van der Waals surface area (Å²) in [5.74, 6) is 0.231. The minimum Gasteiger partial charge on any atom is -0.507 e. The first kappa shape index (κ1) is 40.6. The Morgan fingerprint density at radius 3 is 1.60 bits per heavy atom. The number of aryl methyl sites for hydroxylation is 3. The van der Waals surface area contributed by atoms with Crippen LogP contribution in [0.4, 0.5) is 0 Å². The summed E-state index contributed by atoms with van der Waals surface area (Å²) in [5, 5.41) is 21.3. The zero-order valence-electron chi connectivity index (χ0n) is 30.6. The maximum Gasteiger partial charge on any atom is 0.310 e. The van der Waals surface area contributed by atoms with E-state index in [4.69, 9.17) is 18.9 Å². The summed E-state index contributed by atoms with van der Waals surface area (Å²) < 4.78 is 21.4. The van der Waals surface area contributed by atoms with Crippen LogP contribution in [0.5, 0.6) is 11.5 Å². The van der Waals surface area contributed by atoms with E-state index >= 15 is 0 Å². The van der Waals surface area contributed by atoms with E-state index in [1.54, 1.807) is 12.2 Å². The lowest BCUT2D eigenvalue weighted by Crippen LogP contribution is -2.18. The summed E-state index contributed by atoms with van der Waals surface area (Å²) in [4.78, 5) is 24.4. The van der Waals surface area contributed by atoms with Crippen molar-refractivity contribution < 1.29 is 38.7 Å². The van der Waals surface area contributed by atoms with Gasteiger partial charge in [0.05, 0.1) is 25.7 Å². The van der Waals surface area contributed by atoms with Crippen molar-refractivity contribution in [1.82, 2.24) is 0 Å². The summed E-state index contributed by atoms with van der Waals surface area (Å²) >= 11 is 0. The number of carbonyl (C=O) groups excluding carboxylic acids is 2. The highest BCUT2D eigenvalue weighted by Crippen LogP contribution is 2.40. The third kappa shape index (κ3) is 13.9. The molecule has 0 unspecified atom stereocenters. The van der Waals surface area contributed by atoms with E-state index in [1.165, 1.54) is 12.5 Å². The van der Waals surface area contributed by atoms with Crippen molar-refractivity contribution >= 4 is 11.9 Å². The van der Waals surface area contributed by atoms with Crippen LogP contribution in [-0.2, 0) is 58.6 Å². The molecule has 8 nitrogen and oxygen atoms in total.